The molecular formula is C10H14N2O. The molecule has 0 spiro atoms. The van der Waals surface area contributed by atoms with Gasteiger partial charge in [-0.3, -0.25) is 9.48 Å². The van der Waals surface area contributed by atoms with Gasteiger partial charge in [0.25, 0.3) is 0 Å². The van der Waals surface area contributed by atoms with Crippen molar-refractivity contribution in [1.82, 2.24) is 9.78 Å². The van der Waals surface area contributed by atoms with Crippen LogP contribution in [0.1, 0.15) is 35.4 Å². The van der Waals surface area contributed by atoms with Crippen LogP contribution in [0, 0.1) is 12.8 Å². The fourth-order valence-electron chi connectivity index (χ4n) is 1.56. The van der Waals surface area contributed by atoms with E-state index in [2.05, 4.69) is 5.10 Å². The normalized spacial score (nSPS) is 17.1. The molecule has 0 aliphatic heterocycles. The quantitative estimate of drug-likeness (QED) is 0.646. The van der Waals surface area contributed by atoms with Gasteiger partial charge in [-0.15, -0.1) is 0 Å². The lowest BCUT2D eigenvalue weighted by atomic mass is 9.81. The summed E-state index contributed by atoms with van der Waals surface area (Å²) in [5.41, 5.74) is 1.69. The van der Waals surface area contributed by atoms with E-state index >= 15 is 0 Å². The lowest BCUT2D eigenvalue weighted by molar-refractivity contribution is 0.0849. The Morgan fingerprint density at radius 2 is 2.31 bits per heavy atom. The van der Waals surface area contributed by atoms with Crippen molar-refractivity contribution in [3.8, 4) is 0 Å². The van der Waals surface area contributed by atoms with E-state index < -0.39 is 0 Å². The van der Waals surface area contributed by atoms with Crippen molar-refractivity contribution in [2.45, 2.75) is 26.2 Å². The highest BCUT2D eigenvalue weighted by Crippen LogP contribution is 2.29. The molecule has 3 heteroatoms. The number of hydrogen-bond acceptors (Lipinski definition) is 2. The summed E-state index contributed by atoms with van der Waals surface area (Å²) < 4.78 is 1.76. The van der Waals surface area contributed by atoms with Crippen LogP contribution in [-0.2, 0) is 7.05 Å². The molecule has 2 rings (SSSR count). The number of rotatable bonds is 2. The summed E-state index contributed by atoms with van der Waals surface area (Å²) in [6.07, 6.45) is 3.30. The Morgan fingerprint density at radius 3 is 2.69 bits per heavy atom. The molecule has 0 unspecified atom stereocenters. The van der Waals surface area contributed by atoms with Crippen molar-refractivity contribution in [2.75, 3.05) is 0 Å². The number of carbonyl (C=O) groups is 1. The second kappa shape index (κ2) is 2.98. The predicted molar refractivity (Wildman–Crippen MR) is 49.6 cm³/mol. The fourth-order valence-corrected chi connectivity index (χ4v) is 1.56. The third-order valence-electron chi connectivity index (χ3n) is 2.84. The van der Waals surface area contributed by atoms with Crippen molar-refractivity contribution in [2.24, 2.45) is 13.0 Å². The third-order valence-corrected chi connectivity index (χ3v) is 2.84. The summed E-state index contributed by atoms with van der Waals surface area (Å²) in [5, 5.41) is 4.18. The number of Topliss-reactive ketones (excluding diaryl/α,β-unsaturated/α-hetero) is 1. The van der Waals surface area contributed by atoms with Gasteiger partial charge in [0.05, 0.1) is 0 Å². The zero-order valence-corrected chi connectivity index (χ0v) is 8.08. The molecule has 0 N–H and O–H groups in total. The first-order valence-electron chi connectivity index (χ1n) is 4.73. The molecule has 0 radical (unpaired) electrons. The lowest BCUT2D eigenvalue weighted by Gasteiger charge is -2.22. The minimum Gasteiger partial charge on any atom is -0.292 e. The van der Waals surface area contributed by atoms with Crippen LogP contribution in [0.5, 0.6) is 0 Å². The van der Waals surface area contributed by atoms with Gasteiger partial charge in [0.15, 0.2) is 5.78 Å². The van der Waals surface area contributed by atoms with Crippen LogP contribution in [0.15, 0.2) is 6.07 Å². The molecule has 1 fully saturated rings. The van der Waals surface area contributed by atoms with Crippen molar-refractivity contribution in [3.63, 3.8) is 0 Å². The van der Waals surface area contributed by atoms with E-state index in [0.717, 1.165) is 18.5 Å². The highest BCUT2D eigenvalue weighted by molar-refractivity contribution is 5.96. The molecule has 1 aromatic rings. The molecule has 1 aliphatic carbocycles. The Kier molecular flexibility index (Phi) is 1.94. The van der Waals surface area contributed by atoms with E-state index in [1.807, 2.05) is 20.0 Å². The summed E-state index contributed by atoms with van der Waals surface area (Å²) in [7, 11) is 1.87. The van der Waals surface area contributed by atoms with Gasteiger partial charge in [0, 0.05) is 18.7 Å². The molecule has 0 saturated heterocycles. The van der Waals surface area contributed by atoms with Gasteiger partial charge in [-0.1, -0.05) is 6.42 Å². The molecule has 0 bridgehead atoms. The van der Waals surface area contributed by atoms with E-state index in [0.29, 0.717) is 5.69 Å². The molecule has 0 amide bonds. The van der Waals surface area contributed by atoms with Gasteiger partial charge < -0.3 is 0 Å². The summed E-state index contributed by atoms with van der Waals surface area (Å²) in [6.45, 7) is 1.96. The van der Waals surface area contributed by atoms with Crippen molar-refractivity contribution in [3.05, 3.63) is 17.5 Å². The summed E-state index contributed by atoms with van der Waals surface area (Å²) >= 11 is 0. The molecular weight excluding hydrogens is 164 g/mol. The van der Waals surface area contributed by atoms with Crippen LogP contribution in [0.4, 0.5) is 0 Å². The SMILES string of the molecule is Cc1cc(C(=O)C2CCC2)nn1C. The van der Waals surface area contributed by atoms with Gasteiger partial charge in [0.1, 0.15) is 5.69 Å². The minimum atomic E-state index is 0.231. The monoisotopic (exact) mass is 178 g/mol. The van der Waals surface area contributed by atoms with Crippen LogP contribution in [-0.4, -0.2) is 15.6 Å². The van der Waals surface area contributed by atoms with Crippen LogP contribution in [0.2, 0.25) is 0 Å². The maximum Gasteiger partial charge on any atom is 0.186 e. The molecule has 0 atom stereocenters. The number of aryl methyl sites for hydroxylation is 2. The Labute approximate surface area is 77.7 Å². The summed E-state index contributed by atoms with van der Waals surface area (Å²) in [5.74, 6) is 0.490. The number of hydrogen-bond donors (Lipinski definition) is 0. The first-order chi connectivity index (χ1) is 6.18. The van der Waals surface area contributed by atoms with E-state index in [-0.39, 0.29) is 11.7 Å². The average Bonchev–Trinajstić information content (AvgIpc) is 2.28. The maximum absolute atomic E-state index is 11.7. The topological polar surface area (TPSA) is 34.9 Å². The highest BCUT2D eigenvalue weighted by Gasteiger charge is 2.27. The van der Waals surface area contributed by atoms with Gasteiger partial charge in [-0.25, -0.2) is 0 Å². The molecule has 70 valence electrons. The van der Waals surface area contributed by atoms with Crippen LogP contribution >= 0.6 is 0 Å². The van der Waals surface area contributed by atoms with Gasteiger partial charge in [0.2, 0.25) is 0 Å². The zero-order valence-electron chi connectivity index (χ0n) is 8.08. The van der Waals surface area contributed by atoms with Crippen molar-refractivity contribution >= 4 is 5.78 Å². The minimum absolute atomic E-state index is 0.231. The van der Waals surface area contributed by atoms with E-state index in [4.69, 9.17) is 0 Å². The number of ketones is 1. The second-order valence-electron chi connectivity index (χ2n) is 3.79. The van der Waals surface area contributed by atoms with Crippen LogP contribution in [0.25, 0.3) is 0 Å². The average molecular weight is 178 g/mol. The number of carbonyl (C=O) groups excluding carboxylic acids is 1. The molecule has 1 aliphatic rings. The molecule has 1 heterocycles. The van der Waals surface area contributed by atoms with E-state index in [9.17, 15) is 4.79 Å². The Balaban J connectivity index is 2.19. The van der Waals surface area contributed by atoms with Crippen LogP contribution in [0.3, 0.4) is 0 Å². The molecule has 13 heavy (non-hydrogen) atoms. The summed E-state index contributed by atoms with van der Waals surface area (Å²) in [6, 6.07) is 1.88. The van der Waals surface area contributed by atoms with Gasteiger partial charge >= 0.3 is 0 Å². The molecule has 1 saturated carbocycles. The Hall–Kier alpha value is -1.12. The number of nitrogens with zero attached hydrogens (tertiary/aromatic N) is 2. The standard InChI is InChI=1S/C10H14N2O/c1-7-6-9(11-12(7)2)10(13)8-4-3-5-8/h6,8H,3-5H2,1-2H3. The van der Waals surface area contributed by atoms with Crippen LogP contribution < -0.4 is 0 Å². The Bertz CT molecular complexity index is 317. The van der Waals surface area contributed by atoms with Gasteiger partial charge in [-0.2, -0.15) is 5.10 Å². The zero-order chi connectivity index (χ0) is 9.42. The van der Waals surface area contributed by atoms with E-state index in [1.54, 1.807) is 4.68 Å². The molecule has 1 aromatic heterocycles. The highest BCUT2D eigenvalue weighted by atomic mass is 16.1. The second-order valence-corrected chi connectivity index (χ2v) is 3.79. The molecule has 0 aromatic carbocycles. The first-order valence-corrected chi connectivity index (χ1v) is 4.73. The maximum atomic E-state index is 11.7. The van der Waals surface area contributed by atoms with Crippen molar-refractivity contribution in [1.29, 1.82) is 0 Å². The summed E-state index contributed by atoms with van der Waals surface area (Å²) in [4.78, 5) is 11.7. The first kappa shape index (κ1) is 8.48. The largest absolute Gasteiger partial charge is 0.292 e. The van der Waals surface area contributed by atoms with Crippen molar-refractivity contribution < 1.29 is 4.79 Å². The van der Waals surface area contributed by atoms with E-state index in [1.165, 1.54) is 6.42 Å². The van der Waals surface area contributed by atoms with Gasteiger partial charge in [-0.05, 0) is 25.8 Å². The Morgan fingerprint density at radius 1 is 1.62 bits per heavy atom. The molecule has 3 nitrogen and oxygen atoms in total. The third kappa shape index (κ3) is 1.39. The fraction of sp³-hybridized carbons (Fsp3) is 0.600. The lowest BCUT2D eigenvalue weighted by Crippen LogP contribution is -2.22. The predicted octanol–water partition coefficient (Wildman–Crippen LogP) is 1.71. The smallest absolute Gasteiger partial charge is 0.186 e. The number of aromatic nitrogens is 2.